The molecule has 0 saturated heterocycles. The number of oxazole rings is 1. The van der Waals surface area contributed by atoms with Gasteiger partial charge in [-0.2, -0.15) is 5.10 Å². The first-order valence-electron chi connectivity index (χ1n) is 7.41. The predicted molar refractivity (Wildman–Crippen MR) is 88.8 cm³/mol. The molecule has 0 atom stereocenters. The summed E-state index contributed by atoms with van der Waals surface area (Å²) in [5.74, 6) is 0.958. The summed E-state index contributed by atoms with van der Waals surface area (Å²) in [6, 6.07) is 9.60. The van der Waals surface area contributed by atoms with E-state index in [2.05, 4.69) is 19.9 Å². The second-order valence-corrected chi connectivity index (χ2v) is 7.17. The molecule has 0 unspecified atom stereocenters. The molecule has 0 aliphatic rings. The number of hydrogen-bond acceptors (Lipinski definition) is 5. The van der Waals surface area contributed by atoms with Crippen molar-refractivity contribution in [3.63, 3.8) is 0 Å². The van der Waals surface area contributed by atoms with Gasteiger partial charge in [-0.3, -0.25) is 5.10 Å². The van der Waals surface area contributed by atoms with Crippen molar-refractivity contribution in [3.05, 3.63) is 53.4 Å². The molecular formula is C16H18N4O3S. The van der Waals surface area contributed by atoms with E-state index in [0.717, 1.165) is 5.56 Å². The molecular weight excluding hydrogens is 328 g/mol. The van der Waals surface area contributed by atoms with E-state index in [0.29, 0.717) is 28.7 Å². The molecule has 2 heterocycles. The Labute approximate surface area is 140 Å². The summed E-state index contributed by atoms with van der Waals surface area (Å²) in [7, 11) is -3.69. The first-order valence-corrected chi connectivity index (χ1v) is 8.90. The Balaban J connectivity index is 1.81. The predicted octanol–water partition coefficient (Wildman–Crippen LogP) is 2.47. The zero-order chi connectivity index (χ0) is 17.3. The van der Waals surface area contributed by atoms with Crippen molar-refractivity contribution in [2.75, 3.05) is 0 Å². The van der Waals surface area contributed by atoms with Crippen LogP contribution in [0.15, 0.2) is 39.6 Å². The molecule has 0 fully saturated rings. The van der Waals surface area contributed by atoms with Crippen molar-refractivity contribution in [1.82, 2.24) is 19.9 Å². The van der Waals surface area contributed by atoms with E-state index in [1.807, 2.05) is 30.3 Å². The minimum Gasteiger partial charge on any atom is -0.444 e. The van der Waals surface area contributed by atoms with Crippen LogP contribution in [0.5, 0.6) is 0 Å². The average Bonchev–Trinajstić information content (AvgIpc) is 3.09. The van der Waals surface area contributed by atoms with Gasteiger partial charge >= 0.3 is 0 Å². The molecule has 7 nitrogen and oxygen atoms in total. The van der Waals surface area contributed by atoms with E-state index in [4.69, 9.17) is 4.42 Å². The molecule has 24 heavy (non-hydrogen) atoms. The molecule has 3 rings (SSSR count). The summed E-state index contributed by atoms with van der Waals surface area (Å²) >= 11 is 0. The molecule has 3 aromatic rings. The van der Waals surface area contributed by atoms with Gasteiger partial charge in [-0.25, -0.2) is 18.1 Å². The molecule has 126 valence electrons. The Kier molecular flexibility index (Phi) is 4.25. The van der Waals surface area contributed by atoms with Gasteiger partial charge in [0.1, 0.15) is 16.3 Å². The summed E-state index contributed by atoms with van der Waals surface area (Å²) in [4.78, 5) is 4.55. The first-order chi connectivity index (χ1) is 11.4. The van der Waals surface area contributed by atoms with Crippen LogP contribution in [-0.2, 0) is 16.6 Å². The van der Waals surface area contributed by atoms with Gasteiger partial charge in [-0.05, 0) is 20.8 Å². The number of aromatic nitrogens is 3. The minimum absolute atomic E-state index is 0.0277. The third-order valence-corrected chi connectivity index (χ3v) is 5.29. The smallest absolute Gasteiger partial charge is 0.244 e. The number of H-pyrrole nitrogens is 1. The van der Waals surface area contributed by atoms with Crippen molar-refractivity contribution in [3.8, 4) is 11.3 Å². The van der Waals surface area contributed by atoms with Gasteiger partial charge < -0.3 is 4.42 Å². The fourth-order valence-electron chi connectivity index (χ4n) is 2.56. The average molecular weight is 346 g/mol. The summed E-state index contributed by atoms with van der Waals surface area (Å²) in [6.45, 7) is 5.08. The highest BCUT2D eigenvalue weighted by Gasteiger charge is 2.23. The lowest BCUT2D eigenvalue weighted by Gasteiger charge is -2.04. The van der Waals surface area contributed by atoms with Crippen LogP contribution in [0.25, 0.3) is 11.3 Å². The fraction of sp³-hybridized carbons (Fsp3) is 0.250. The number of sulfonamides is 1. The SMILES string of the molecule is Cc1n[nH]c(C)c1S(=O)(=O)NCc1nc(-c2ccccc2)c(C)o1. The van der Waals surface area contributed by atoms with Crippen molar-refractivity contribution < 1.29 is 12.8 Å². The van der Waals surface area contributed by atoms with Crippen LogP contribution in [0.4, 0.5) is 0 Å². The fourth-order valence-corrected chi connectivity index (χ4v) is 3.90. The molecule has 0 bridgehead atoms. The number of benzene rings is 1. The zero-order valence-corrected chi connectivity index (χ0v) is 14.4. The first kappa shape index (κ1) is 16.4. The third-order valence-electron chi connectivity index (χ3n) is 3.63. The van der Waals surface area contributed by atoms with E-state index >= 15 is 0 Å². The van der Waals surface area contributed by atoms with Gasteiger partial charge in [-0.1, -0.05) is 30.3 Å². The highest BCUT2D eigenvalue weighted by atomic mass is 32.2. The van der Waals surface area contributed by atoms with Crippen molar-refractivity contribution in [2.24, 2.45) is 0 Å². The van der Waals surface area contributed by atoms with E-state index in [1.54, 1.807) is 20.8 Å². The largest absolute Gasteiger partial charge is 0.444 e. The molecule has 8 heteroatoms. The Morgan fingerprint density at radius 3 is 2.50 bits per heavy atom. The molecule has 0 radical (unpaired) electrons. The minimum atomic E-state index is -3.69. The number of rotatable bonds is 5. The van der Waals surface area contributed by atoms with Crippen LogP contribution in [0, 0.1) is 20.8 Å². The monoisotopic (exact) mass is 346 g/mol. The van der Waals surface area contributed by atoms with Crippen molar-refractivity contribution in [2.45, 2.75) is 32.2 Å². The molecule has 0 saturated carbocycles. The standard InChI is InChI=1S/C16H18N4O3S/c1-10-16(11(2)20-19-10)24(21,22)17-9-14-18-15(12(3)23-14)13-7-5-4-6-8-13/h4-8,17H,9H2,1-3H3,(H,19,20). The van der Waals surface area contributed by atoms with E-state index < -0.39 is 10.0 Å². The lowest BCUT2D eigenvalue weighted by molar-refractivity contribution is 0.463. The van der Waals surface area contributed by atoms with Crippen molar-refractivity contribution in [1.29, 1.82) is 0 Å². The molecule has 1 aromatic carbocycles. The zero-order valence-electron chi connectivity index (χ0n) is 13.6. The van der Waals surface area contributed by atoms with Gasteiger partial charge in [0, 0.05) is 5.56 Å². The molecule has 0 amide bonds. The second kappa shape index (κ2) is 6.21. The van der Waals surface area contributed by atoms with Crippen LogP contribution < -0.4 is 4.72 Å². The maximum absolute atomic E-state index is 12.4. The van der Waals surface area contributed by atoms with Gasteiger partial charge in [0.2, 0.25) is 15.9 Å². The topological polar surface area (TPSA) is 101 Å². The lowest BCUT2D eigenvalue weighted by Crippen LogP contribution is -2.24. The summed E-state index contributed by atoms with van der Waals surface area (Å²) in [5.41, 5.74) is 2.55. The van der Waals surface area contributed by atoms with E-state index in [9.17, 15) is 8.42 Å². The highest BCUT2D eigenvalue weighted by molar-refractivity contribution is 7.89. The maximum Gasteiger partial charge on any atom is 0.244 e. The Morgan fingerprint density at radius 1 is 1.17 bits per heavy atom. The molecule has 0 aliphatic carbocycles. The number of nitrogens with one attached hydrogen (secondary N) is 2. The summed E-state index contributed by atoms with van der Waals surface area (Å²) < 4.78 is 32.9. The third kappa shape index (κ3) is 3.10. The van der Waals surface area contributed by atoms with Gasteiger partial charge in [0.25, 0.3) is 0 Å². The highest BCUT2D eigenvalue weighted by Crippen LogP contribution is 2.23. The maximum atomic E-state index is 12.4. The summed E-state index contributed by atoms with van der Waals surface area (Å²) in [6.07, 6.45) is 0. The van der Waals surface area contributed by atoms with Crippen LogP contribution >= 0.6 is 0 Å². The Bertz CT molecular complexity index is 939. The van der Waals surface area contributed by atoms with Crippen LogP contribution in [0.3, 0.4) is 0 Å². The second-order valence-electron chi connectivity index (χ2n) is 5.47. The summed E-state index contributed by atoms with van der Waals surface area (Å²) in [5, 5.41) is 6.58. The van der Waals surface area contributed by atoms with E-state index in [1.165, 1.54) is 0 Å². The Hall–Kier alpha value is -2.45. The molecule has 0 aliphatic heterocycles. The van der Waals surface area contributed by atoms with Crippen LogP contribution in [0.2, 0.25) is 0 Å². The molecule has 2 aromatic heterocycles. The molecule has 2 N–H and O–H groups in total. The van der Waals surface area contributed by atoms with Crippen molar-refractivity contribution >= 4 is 10.0 Å². The van der Waals surface area contributed by atoms with Crippen LogP contribution in [-0.4, -0.2) is 23.6 Å². The quantitative estimate of drug-likeness (QED) is 0.739. The van der Waals surface area contributed by atoms with Crippen LogP contribution in [0.1, 0.15) is 23.0 Å². The Morgan fingerprint density at radius 2 is 1.88 bits per heavy atom. The number of nitrogens with zero attached hydrogens (tertiary/aromatic N) is 2. The number of aromatic amines is 1. The lowest BCUT2D eigenvalue weighted by atomic mass is 10.1. The molecule has 0 spiro atoms. The van der Waals surface area contributed by atoms with Gasteiger partial charge in [-0.15, -0.1) is 0 Å². The number of hydrogen-bond donors (Lipinski definition) is 2. The number of aryl methyl sites for hydroxylation is 3. The van der Waals surface area contributed by atoms with Gasteiger partial charge in [0.15, 0.2) is 0 Å². The van der Waals surface area contributed by atoms with Gasteiger partial charge in [0.05, 0.1) is 17.9 Å². The normalized spacial score (nSPS) is 11.8. The van der Waals surface area contributed by atoms with E-state index in [-0.39, 0.29) is 11.4 Å².